The van der Waals surface area contributed by atoms with E-state index in [4.69, 9.17) is 4.74 Å². The van der Waals surface area contributed by atoms with Crippen molar-refractivity contribution in [1.82, 2.24) is 19.6 Å². The minimum Gasteiger partial charge on any atom is -0.471 e. The summed E-state index contributed by atoms with van der Waals surface area (Å²) in [5.41, 5.74) is 0.557. The largest absolute Gasteiger partial charge is 0.471 e. The zero-order chi connectivity index (χ0) is 22.7. The van der Waals surface area contributed by atoms with Crippen LogP contribution in [-0.2, 0) is 18.1 Å². The van der Waals surface area contributed by atoms with Crippen LogP contribution in [0.5, 0.6) is 5.75 Å². The van der Waals surface area contributed by atoms with Crippen LogP contribution in [0.15, 0.2) is 30.6 Å². The fourth-order valence-corrected chi connectivity index (χ4v) is 3.02. The lowest BCUT2D eigenvalue weighted by Gasteiger charge is -2.09. The van der Waals surface area contributed by atoms with E-state index in [-0.39, 0.29) is 12.4 Å². The maximum Gasteiger partial charge on any atom is 0.319 e. The van der Waals surface area contributed by atoms with Gasteiger partial charge < -0.3 is 10.1 Å². The molecule has 1 aromatic carbocycles. The van der Waals surface area contributed by atoms with Crippen LogP contribution < -0.4 is 10.1 Å². The number of halogens is 2. The molecule has 0 fully saturated rings. The predicted octanol–water partition coefficient (Wildman–Crippen LogP) is 3.53. The van der Waals surface area contributed by atoms with Gasteiger partial charge >= 0.3 is 5.69 Å². The van der Waals surface area contributed by atoms with Gasteiger partial charge in [0.15, 0.2) is 6.73 Å². The van der Waals surface area contributed by atoms with E-state index in [0.29, 0.717) is 11.4 Å². The third-order valence-electron chi connectivity index (χ3n) is 4.48. The van der Waals surface area contributed by atoms with Gasteiger partial charge in [-0.3, -0.25) is 19.6 Å². The average molecular weight is 434 g/mol. The number of aromatic nitrogens is 4. The normalized spacial score (nSPS) is 11.0. The Kier molecular flexibility index (Phi) is 6.28. The lowest BCUT2D eigenvalue weighted by molar-refractivity contribution is -0.386. The lowest BCUT2D eigenvalue weighted by Crippen LogP contribution is -2.20. The molecule has 0 aliphatic rings. The summed E-state index contributed by atoms with van der Waals surface area (Å²) in [6, 6.07) is 5.78. The Hall–Kier alpha value is -3.83. The summed E-state index contributed by atoms with van der Waals surface area (Å²) in [7, 11) is 0. The number of alkyl halides is 2. The van der Waals surface area contributed by atoms with E-state index < -0.39 is 35.2 Å². The van der Waals surface area contributed by atoms with Crippen LogP contribution in [0, 0.1) is 30.9 Å². The quantitative estimate of drug-likeness (QED) is 0.428. The summed E-state index contributed by atoms with van der Waals surface area (Å²) in [4.78, 5) is 22.4. The van der Waals surface area contributed by atoms with E-state index in [1.165, 1.54) is 24.0 Å². The molecule has 0 radical (unpaired) electrons. The Morgan fingerprint density at radius 2 is 2.06 bits per heavy atom. The molecular weight excluding hydrogens is 414 g/mol. The van der Waals surface area contributed by atoms with Crippen molar-refractivity contribution in [2.75, 3.05) is 5.32 Å². The van der Waals surface area contributed by atoms with Gasteiger partial charge in [0, 0.05) is 0 Å². The number of nitrogens with zero attached hydrogens (tertiary/aromatic N) is 5. The second-order valence-corrected chi connectivity index (χ2v) is 6.89. The second kappa shape index (κ2) is 8.90. The highest BCUT2D eigenvalue weighted by molar-refractivity contribution is 5.90. The van der Waals surface area contributed by atoms with Crippen LogP contribution in [0.4, 0.5) is 20.2 Å². The van der Waals surface area contributed by atoms with E-state index in [2.05, 4.69) is 15.5 Å². The van der Waals surface area contributed by atoms with Crippen molar-refractivity contribution < 1.29 is 23.2 Å². The van der Waals surface area contributed by atoms with Crippen molar-refractivity contribution in [3.63, 3.8) is 0 Å². The molecule has 1 amide bonds. The van der Waals surface area contributed by atoms with Crippen LogP contribution in [0.2, 0.25) is 0 Å². The molecule has 3 rings (SSSR count). The molecule has 0 saturated heterocycles. The number of hydrogen-bond donors (Lipinski definition) is 1. The number of aryl methyl sites for hydroxylation is 2. The fraction of sp³-hybridized carbons (Fsp3) is 0.316. The summed E-state index contributed by atoms with van der Waals surface area (Å²) in [5, 5.41) is 21.2. The summed E-state index contributed by atoms with van der Waals surface area (Å²) in [6.45, 7) is 4.81. The van der Waals surface area contributed by atoms with Crippen LogP contribution in [-0.4, -0.2) is 30.4 Å². The molecule has 0 spiro atoms. The first kappa shape index (κ1) is 21.9. The van der Waals surface area contributed by atoms with Gasteiger partial charge in [-0.1, -0.05) is 17.7 Å². The molecule has 31 heavy (non-hydrogen) atoms. The lowest BCUT2D eigenvalue weighted by atomic mass is 10.1. The predicted molar refractivity (Wildman–Crippen MR) is 106 cm³/mol. The first-order chi connectivity index (χ1) is 14.7. The number of nitrogens with one attached hydrogen (secondary N) is 1. The monoisotopic (exact) mass is 434 g/mol. The van der Waals surface area contributed by atoms with Crippen molar-refractivity contribution in [2.24, 2.45) is 0 Å². The van der Waals surface area contributed by atoms with Crippen molar-refractivity contribution in [2.45, 2.75) is 40.5 Å². The fourth-order valence-electron chi connectivity index (χ4n) is 3.02. The van der Waals surface area contributed by atoms with E-state index in [0.717, 1.165) is 15.8 Å². The summed E-state index contributed by atoms with van der Waals surface area (Å²) >= 11 is 0. The van der Waals surface area contributed by atoms with Crippen LogP contribution >= 0.6 is 0 Å². The number of rotatable bonds is 8. The molecule has 0 aliphatic carbocycles. The molecule has 2 aromatic heterocycles. The number of carbonyl (C=O) groups excluding carboxylic acids is 1. The number of benzene rings is 1. The van der Waals surface area contributed by atoms with Crippen LogP contribution in [0.25, 0.3) is 0 Å². The molecule has 164 valence electrons. The number of hydrogen-bond acceptors (Lipinski definition) is 6. The van der Waals surface area contributed by atoms with Gasteiger partial charge in [0.2, 0.25) is 11.6 Å². The molecule has 0 bridgehead atoms. The zero-order valence-electron chi connectivity index (χ0n) is 17.0. The first-order valence-corrected chi connectivity index (χ1v) is 9.18. The van der Waals surface area contributed by atoms with E-state index in [1.807, 2.05) is 32.0 Å². The molecule has 10 nitrogen and oxygen atoms in total. The minimum absolute atomic E-state index is 0.113. The Morgan fingerprint density at radius 3 is 2.68 bits per heavy atom. The standard InChI is InChI=1S/C19H20F2N6O4/c1-11-4-5-15(12(2)6-11)31-10-25-8-14(7-22-25)23-16(28)9-26-13(3)18(27(29)30)17(24-26)19(20)21/h4-8,19H,9-10H2,1-3H3,(H,23,28). The van der Waals surface area contributed by atoms with E-state index in [9.17, 15) is 23.7 Å². The first-order valence-electron chi connectivity index (χ1n) is 9.18. The maximum absolute atomic E-state index is 13.0. The number of amides is 1. The number of anilines is 1. The molecule has 12 heteroatoms. The number of nitro groups is 1. The van der Waals surface area contributed by atoms with Crippen molar-refractivity contribution >= 4 is 17.3 Å². The van der Waals surface area contributed by atoms with Gasteiger partial charge in [0.1, 0.15) is 18.0 Å². The van der Waals surface area contributed by atoms with Gasteiger partial charge in [-0.15, -0.1) is 0 Å². The minimum atomic E-state index is -3.13. The van der Waals surface area contributed by atoms with Gasteiger partial charge in [0.25, 0.3) is 6.43 Å². The second-order valence-electron chi connectivity index (χ2n) is 6.89. The van der Waals surface area contributed by atoms with Crippen LogP contribution in [0.3, 0.4) is 0 Å². The Balaban J connectivity index is 1.62. The Morgan fingerprint density at radius 1 is 1.32 bits per heavy atom. The maximum atomic E-state index is 13.0. The number of carbonyl (C=O) groups is 1. The average Bonchev–Trinajstić information content (AvgIpc) is 3.25. The highest BCUT2D eigenvalue weighted by Crippen LogP contribution is 2.30. The molecule has 0 atom stereocenters. The van der Waals surface area contributed by atoms with Gasteiger partial charge in [-0.25, -0.2) is 13.5 Å². The SMILES string of the molecule is Cc1ccc(OCn2cc(NC(=O)Cn3nc(C(F)F)c([N+](=O)[O-])c3C)cn2)c(C)c1. The summed E-state index contributed by atoms with van der Waals surface area (Å²) < 4.78 is 34.1. The van der Waals surface area contributed by atoms with E-state index in [1.54, 1.807) is 0 Å². The molecular formula is C19H20F2N6O4. The molecule has 2 heterocycles. The third kappa shape index (κ3) is 5.02. The molecule has 0 saturated carbocycles. The number of ether oxygens (including phenoxy) is 1. The third-order valence-corrected chi connectivity index (χ3v) is 4.48. The summed E-state index contributed by atoms with van der Waals surface area (Å²) in [6.07, 6.45) is -0.199. The van der Waals surface area contributed by atoms with Crippen molar-refractivity contribution in [3.8, 4) is 5.75 Å². The topological polar surface area (TPSA) is 117 Å². The summed E-state index contributed by atoms with van der Waals surface area (Å²) in [5.74, 6) is 0.105. The molecule has 0 aliphatic heterocycles. The molecule has 0 unspecified atom stereocenters. The highest BCUT2D eigenvalue weighted by Gasteiger charge is 2.31. The Bertz CT molecular complexity index is 1120. The Labute approximate surface area is 175 Å². The van der Waals surface area contributed by atoms with Gasteiger partial charge in [-0.05, 0) is 32.4 Å². The van der Waals surface area contributed by atoms with Gasteiger partial charge in [0.05, 0.1) is 23.0 Å². The molecule has 3 aromatic rings. The smallest absolute Gasteiger partial charge is 0.319 e. The zero-order valence-corrected chi connectivity index (χ0v) is 17.0. The van der Waals surface area contributed by atoms with E-state index >= 15 is 0 Å². The van der Waals surface area contributed by atoms with Crippen LogP contribution in [0.1, 0.15) is 28.9 Å². The van der Waals surface area contributed by atoms with Crippen molar-refractivity contribution in [3.05, 3.63) is 63.2 Å². The van der Waals surface area contributed by atoms with Gasteiger partial charge in [-0.2, -0.15) is 10.2 Å². The molecule has 1 N–H and O–H groups in total. The highest BCUT2D eigenvalue weighted by atomic mass is 19.3. The van der Waals surface area contributed by atoms with Crippen molar-refractivity contribution in [1.29, 1.82) is 0 Å².